The summed E-state index contributed by atoms with van der Waals surface area (Å²) in [7, 11) is 0. The van der Waals surface area contributed by atoms with Crippen LogP contribution in [0.2, 0.25) is 0 Å². The number of fused-ring (bicyclic) bond motifs is 1. The highest BCUT2D eigenvalue weighted by molar-refractivity contribution is 7.73. The molecule has 1 aliphatic heterocycles. The molecule has 5 heteroatoms. The van der Waals surface area contributed by atoms with Crippen molar-refractivity contribution in [1.29, 1.82) is 0 Å². The number of aromatic amines is 1. The largest absolute Gasteiger partial charge is 0.341 e. The number of nitrogens with one attached hydrogen (secondary N) is 1. The zero-order valence-electron chi connectivity index (χ0n) is 14.6. The highest BCUT2D eigenvalue weighted by atomic mass is 32.1. The summed E-state index contributed by atoms with van der Waals surface area (Å²) in [5.74, 6) is 0.379. The third-order valence-electron chi connectivity index (χ3n) is 4.98. The molecule has 3 aromatic rings. The molecule has 26 heavy (non-hydrogen) atoms. The van der Waals surface area contributed by atoms with Gasteiger partial charge in [-0.25, -0.2) is 0 Å². The van der Waals surface area contributed by atoms with E-state index in [9.17, 15) is 4.79 Å². The molecule has 1 N–H and O–H groups in total. The van der Waals surface area contributed by atoms with Crippen molar-refractivity contribution in [2.45, 2.75) is 25.8 Å². The molecule has 0 radical (unpaired) electrons. The fourth-order valence-electron chi connectivity index (χ4n) is 3.62. The fraction of sp³-hybridized carbons (Fsp3) is 0.238. The van der Waals surface area contributed by atoms with E-state index >= 15 is 0 Å². The summed E-state index contributed by atoms with van der Waals surface area (Å²) >= 11 is 6.70. The number of hydrogen-bond acceptors (Lipinski definition) is 3. The Morgan fingerprint density at radius 2 is 1.92 bits per heavy atom. The van der Waals surface area contributed by atoms with E-state index in [1.54, 1.807) is 0 Å². The van der Waals surface area contributed by atoms with Crippen LogP contribution in [0.1, 0.15) is 33.2 Å². The van der Waals surface area contributed by atoms with Crippen molar-refractivity contribution in [2.24, 2.45) is 0 Å². The lowest BCUT2D eigenvalue weighted by molar-refractivity contribution is -0.131. The monoisotopic (exact) mass is 380 g/mol. The molecule has 0 saturated carbocycles. The molecule has 132 valence electrons. The first-order valence-corrected chi connectivity index (χ1v) is 9.93. The Hall–Kier alpha value is -2.24. The molecule has 0 fully saturated rings. The van der Waals surface area contributed by atoms with Crippen LogP contribution in [0.25, 0.3) is 0 Å². The Labute approximate surface area is 162 Å². The maximum Gasteiger partial charge on any atom is 0.228 e. The summed E-state index contributed by atoms with van der Waals surface area (Å²) in [4.78, 5) is 19.2. The van der Waals surface area contributed by atoms with E-state index in [-0.39, 0.29) is 11.8 Å². The van der Waals surface area contributed by atoms with Crippen LogP contribution in [0.5, 0.6) is 0 Å². The number of carbonyl (C=O) groups excluding carboxylic acids is 1. The van der Waals surface area contributed by atoms with Gasteiger partial charge in [0.2, 0.25) is 5.91 Å². The predicted octanol–water partition coefficient (Wildman–Crippen LogP) is 4.83. The lowest BCUT2D eigenvalue weighted by atomic mass is 9.84. The van der Waals surface area contributed by atoms with Gasteiger partial charge in [-0.1, -0.05) is 54.6 Å². The number of thiazole rings is 1. The number of carbonyl (C=O) groups is 1. The maximum atomic E-state index is 13.0. The Kier molecular flexibility index (Phi) is 4.74. The van der Waals surface area contributed by atoms with E-state index in [0.29, 0.717) is 19.5 Å². The van der Waals surface area contributed by atoms with Crippen LogP contribution in [-0.2, 0) is 17.8 Å². The van der Waals surface area contributed by atoms with Crippen LogP contribution in [-0.4, -0.2) is 22.3 Å². The Balaban J connectivity index is 1.63. The molecule has 3 nitrogen and oxygen atoms in total. The number of aryl methyl sites for hydroxylation is 1. The predicted molar refractivity (Wildman–Crippen MR) is 108 cm³/mol. The van der Waals surface area contributed by atoms with Gasteiger partial charge in [-0.15, -0.1) is 11.3 Å². The Morgan fingerprint density at radius 3 is 2.65 bits per heavy atom. The minimum absolute atomic E-state index is 0.161. The first-order chi connectivity index (χ1) is 12.6. The van der Waals surface area contributed by atoms with Gasteiger partial charge in [0.25, 0.3) is 0 Å². The number of rotatable bonds is 3. The van der Waals surface area contributed by atoms with Gasteiger partial charge in [0.05, 0.1) is 6.42 Å². The van der Waals surface area contributed by atoms with Crippen molar-refractivity contribution < 1.29 is 4.79 Å². The van der Waals surface area contributed by atoms with Crippen molar-refractivity contribution in [3.05, 3.63) is 85.8 Å². The first-order valence-electron chi connectivity index (χ1n) is 8.71. The van der Waals surface area contributed by atoms with E-state index in [1.807, 2.05) is 17.9 Å². The van der Waals surface area contributed by atoms with Gasteiger partial charge in [0, 0.05) is 29.6 Å². The van der Waals surface area contributed by atoms with Gasteiger partial charge in [0.1, 0.15) is 0 Å². The normalized spacial score (nSPS) is 16.3. The second kappa shape index (κ2) is 7.17. The van der Waals surface area contributed by atoms with Crippen molar-refractivity contribution in [3.8, 4) is 0 Å². The van der Waals surface area contributed by atoms with E-state index in [1.165, 1.54) is 28.0 Å². The number of hydrogen-bond donors (Lipinski definition) is 1. The van der Waals surface area contributed by atoms with Crippen LogP contribution in [0.15, 0.2) is 54.6 Å². The van der Waals surface area contributed by atoms with Crippen molar-refractivity contribution in [3.63, 3.8) is 0 Å². The molecule has 0 bridgehead atoms. The third kappa shape index (κ3) is 3.37. The summed E-state index contributed by atoms with van der Waals surface area (Å²) in [5.41, 5.74) is 4.83. The molecule has 0 aliphatic carbocycles. The summed E-state index contributed by atoms with van der Waals surface area (Å²) in [6, 6.07) is 18.9. The highest BCUT2D eigenvalue weighted by Gasteiger charge is 2.29. The fourth-order valence-corrected chi connectivity index (χ4v) is 4.90. The highest BCUT2D eigenvalue weighted by Crippen LogP contribution is 2.33. The summed E-state index contributed by atoms with van der Waals surface area (Å²) in [6.07, 6.45) is 0.410. The summed E-state index contributed by atoms with van der Waals surface area (Å²) < 4.78 is 0.733. The number of H-pyrrole nitrogens is 1. The molecule has 0 unspecified atom stereocenters. The van der Waals surface area contributed by atoms with Gasteiger partial charge in [-0.05, 0) is 35.8 Å². The van der Waals surface area contributed by atoms with E-state index in [0.717, 1.165) is 14.5 Å². The SMILES string of the molecule is Cc1[nH]c(=S)sc1CC(=O)N1Cc2ccccc2[C@@H](c2ccccc2)C1. The lowest BCUT2D eigenvalue weighted by Gasteiger charge is -2.35. The average Bonchev–Trinajstić information content (AvgIpc) is 2.98. The lowest BCUT2D eigenvalue weighted by Crippen LogP contribution is -2.39. The minimum atomic E-state index is 0.161. The minimum Gasteiger partial charge on any atom is -0.341 e. The zero-order chi connectivity index (χ0) is 18.1. The van der Waals surface area contributed by atoms with Crippen LogP contribution in [0, 0.1) is 10.9 Å². The third-order valence-corrected chi connectivity index (χ3v) is 6.32. The molecule has 1 atom stereocenters. The molecule has 4 rings (SSSR count). The van der Waals surface area contributed by atoms with Gasteiger partial charge in [-0.2, -0.15) is 0 Å². The van der Waals surface area contributed by atoms with E-state index in [2.05, 4.69) is 53.5 Å². The second-order valence-corrected chi connectivity index (χ2v) is 8.45. The molecule has 2 heterocycles. The maximum absolute atomic E-state index is 13.0. The van der Waals surface area contributed by atoms with Gasteiger partial charge in [0.15, 0.2) is 3.95 Å². The van der Waals surface area contributed by atoms with Crippen LogP contribution < -0.4 is 0 Å². The molecule has 0 saturated heterocycles. The van der Waals surface area contributed by atoms with Gasteiger partial charge in [-0.3, -0.25) is 4.79 Å². The van der Waals surface area contributed by atoms with Crippen LogP contribution in [0.3, 0.4) is 0 Å². The molecule has 0 spiro atoms. The smallest absolute Gasteiger partial charge is 0.228 e. The second-order valence-electron chi connectivity index (χ2n) is 6.68. The van der Waals surface area contributed by atoms with Gasteiger partial charge < -0.3 is 9.88 Å². The van der Waals surface area contributed by atoms with Crippen LogP contribution >= 0.6 is 23.6 Å². The molecular formula is C21H20N2OS2. The molecule has 1 aliphatic rings. The average molecular weight is 381 g/mol. The van der Waals surface area contributed by atoms with Crippen molar-refractivity contribution in [1.82, 2.24) is 9.88 Å². The van der Waals surface area contributed by atoms with E-state index < -0.39 is 0 Å². The topological polar surface area (TPSA) is 36.1 Å². The Morgan fingerprint density at radius 1 is 1.19 bits per heavy atom. The first kappa shape index (κ1) is 17.2. The number of amides is 1. The zero-order valence-corrected chi connectivity index (χ0v) is 16.2. The molecule has 1 aromatic heterocycles. The summed E-state index contributed by atoms with van der Waals surface area (Å²) in [5, 5.41) is 0. The molecule has 1 amide bonds. The van der Waals surface area contributed by atoms with Gasteiger partial charge >= 0.3 is 0 Å². The number of aromatic nitrogens is 1. The quantitative estimate of drug-likeness (QED) is 0.661. The van der Waals surface area contributed by atoms with E-state index in [4.69, 9.17) is 12.2 Å². The van der Waals surface area contributed by atoms with Crippen molar-refractivity contribution in [2.75, 3.05) is 6.54 Å². The molecule has 2 aromatic carbocycles. The Bertz CT molecular complexity index is 991. The summed E-state index contributed by atoms with van der Waals surface area (Å²) in [6.45, 7) is 3.37. The standard InChI is InChI=1S/C21H20N2OS2/c1-14-19(26-21(25)22-14)11-20(24)23-12-16-9-5-6-10-17(16)18(13-23)15-7-3-2-4-8-15/h2-10,18H,11-13H2,1H3,(H,22,25)/t18-/m1/s1. The van der Waals surface area contributed by atoms with Crippen LogP contribution in [0.4, 0.5) is 0 Å². The molecular weight excluding hydrogens is 360 g/mol. The number of benzene rings is 2. The van der Waals surface area contributed by atoms with Crippen molar-refractivity contribution >= 4 is 29.5 Å². The number of nitrogens with zero attached hydrogens (tertiary/aromatic N) is 1.